The van der Waals surface area contributed by atoms with Gasteiger partial charge in [-0.15, -0.1) is 0 Å². The predicted octanol–water partition coefficient (Wildman–Crippen LogP) is 5.36. The Labute approximate surface area is 225 Å². The van der Waals surface area contributed by atoms with Gasteiger partial charge < -0.3 is 15.7 Å². The summed E-state index contributed by atoms with van der Waals surface area (Å²) in [4.78, 5) is 37.4. The van der Waals surface area contributed by atoms with Crippen LogP contribution in [0.1, 0.15) is 21.5 Å². The average molecular weight is 567 g/mol. The summed E-state index contributed by atoms with van der Waals surface area (Å²) in [7, 11) is 0. The number of thioether (sulfide) groups is 1. The average Bonchev–Trinajstić information content (AvgIpc) is 2.85. The smallest absolute Gasteiger partial charge is 0.416 e. The molecule has 0 aliphatic carbocycles. The van der Waals surface area contributed by atoms with Gasteiger partial charge in [0.25, 0.3) is 11.8 Å². The van der Waals surface area contributed by atoms with Crippen LogP contribution in [0.25, 0.3) is 6.08 Å². The van der Waals surface area contributed by atoms with E-state index in [0.29, 0.717) is 29.5 Å². The zero-order valence-electron chi connectivity index (χ0n) is 20.2. The highest BCUT2D eigenvalue weighted by Gasteiger charge is 2.30. The lowest BCUT2D eigenvalue weighted by Gasteiger charge is -2.17. The Morgan fingerprint density at radius 3 is 2.21 bits per heavy atom. The van der Waals surface area contributed by atoms with Crippen LogP contribution in [0.3, 0.4) is 0 Å². The third-order valence-electron chi connectivity index (χ3n) is 4.81. The Balaban J connectivity index is 2.29. The number of carbonyl (C=O) groups excluding carboxylic acids is 2. The highest BCUT2D eigenvalue weighted by molar-refractivity contribution is 7.99. The highest BCUT2D eigenvalue weighted by Crippen LogP contribution is 2.29. The van der Waals surface area contributed by atoms with Gasteiger partial charge in [0.15, 0.2) is 0 Å². The Kier molecular flexibility index (Phi) is 11.2. The lowest BCUT2D eigenvalue weighted by molar-refractivity contribution is -0.140. The minimum Gasteiger partial charge on any atom is -0.480 e. The third-order valence-corrected chi connectivity index (χ3v) is 5.95. The normalized spacial score (nSPS) is 12.6. The number of amides is 2. The Hall–Kier alpha value is -4.19. The largest absolute Gasteiger partial charge is 0.480 e. The number of alkyl halides is 3. The fraction of sp³-hybridized carbons (Fsp3) is 0.148. The van der Waals surface area contributed by atoms with E-state index in [1.807, 2.05) is 0 Å². The molecule has 12 heteroatoms. The number of carboxylic acid groups (broad SMARTS) is 1. The van der Waals surface area contributed by atoms with Gasteiger partial charge in [-0.05, 0) is 53.6 Å². The second-order valence-electron chi connectivity index (χ2n) is 7.92. The molecule has 0 aliphatic rings. The molecule has 0 heterocycles. The molecule has 3 N–H and O–H groups in total. The molecule has 6 nitrogen and oxygen atoms in total. The van der Waals surface area contributed by atoms with Gasteiger partial charge >= 0.3 is 12.1 Å². The number of nitrogens with one attached hydrogen (secondary N) is 2. The van der Waals surface area contributed by atoms with Crippen LogP contribution in [0, 0.1) is 11.6 Å². The molecule has 0 bridgehead atoms. The van der Waals surface area contributed by atoms with E-state index in [-0.39, 0.29) is 16.9 Å². The summed E-state index contributed by atoms with van der Waals surface area (Å²) < 4.78 is 65.9. The van der Waals surface area contributed by atoms with Crippen molar-refractivity contribution >= 4 is 35.6 Å². The van der Waals surface area contributed by atoms with Crippen molar-refractivity contribution in [2.75, 3.05) is 11.5 Å². The van der Waals surface area contributed by atoms with Crippen molar-refractivity contribution in [3.8, 4) is 0 Å². The lowest BCUT2D eigenvalue weighted by Crippen LogP contribution is -2.45. The Morgan fingerprint density at radius 2 is 1.67 bits per heavy atom. The van der Waals surface area contributed by atoms with Gasteiger partial charge in [-0.1, -0.05) is 31.4 Å². The summed E-state index contributed by atoms with van der Waals surface area (Å²) in [5.41, 5.74) is -1.39. The number of aliphatic carboxylic acids is 1. The van der Waals surface area contributed by atoms with Gasteiger partial charge in [-0.3, -0.25) is 9.59 Å². The number of carbonyl (C=O) groups is 3. The van der Waals surface area contributed by atoms with Crippen LogP contribution in [0.4, 0.5) is 22.0 Å². The Bertz CT molecular complexity index is 1280. The summed E-state index contributed by atoms with van der Waals surface area (Å²) in [6.07, 6.45) is 1.11. The molecule has 206 valence electrons. The maximum absolute atomic E-state index is 13.7. The molecule has 1 atom stereocenters. The van der Waals surface area contributed by atoms with Gasteiger partial charge in [0.2, 0.25) is 0 Å². The van der Waals surface area contributed by atoms with Crippen LogP contribution in [-0.2, 0) is 15.8 Å². The Morgan fingerprint density at radius 1 is 1.05 bits per heavy atom. The van der Waals surface area contributed by atoms with Crippen molar-refractivity contribution in [2.24, 2.45) is 0 Å². The second-order valence-corrected chi connectivity index (χ2v) is 8.95. The monoisotopic (exact) mass is 566 g/mol. The predicted molar refractivity (Wildman–Crippen MR) is 139 cm³/mol. The van der Waals surface area contributed by atoms with Crippen molar-refractivity contribution in [1.82, 2.24) is 10.6 Å². The number of hydrogen-bond donors (Lipinski definition) is 3. The molecular formula is C27H23F5N2O4S. The van der Waals surface area contributed by atoms with Gasteiger partial charge in [-0.25, -0.2) is 13.6 Å². The molecular weight excluding hydrogens is 543 g/mol. The first-order valence-electron chi connectivity index (χ1n) is 11.0. The molecule has 0 aromatic heterocycles. The molecule has 2 aromatic carbocycles. The molecule has 2 rings (SSSR count). The van der Waals surface area contributed by atoms with E-state index >= 15 is 0 Å². The molecule has 0 saturated heterocycles. The molecule has 39 heavy (non-hydrogen) atoms. The van der Waals surface area contributed by atoms with Crippen molar-refractivity contribution < 1.29 is 41.4 Å². The first-order valence-corrected chi connectivity index (χ1v) is 12.2. The van der Waals surface area contributed by atoms with Gasteiger partial charge in [0.1, 0.15) is 23.4 Å². The number of rotatable bonds is 12. The molecule has 2 amide bonds. The number of benzene rings is 2. The highest BCUT2D eigenvalue weighted by atomic mass is 32.2. The minimum absolute atomic E-state index is 0.100. The van der Waals surface area contributed by atoms with E-state index in [2.05, 4.69) is 23.8 Å². The van der Waals surface area contributed by atoms with Crippen molar-refractivity contribution in [3.05, 3.63) is 113 Å². The van der Waals surface area contributed by atoms with Crippen LogP contribution >= 0.6 is 11.8 Å². The fourth-order valence-corrected chi connectivity index (χ4v) is 3.90. The van der Waals surface area contributed by atoms with Gasteiger partial charge in [-0.2, -0.15) is 24.9 Å². The summed E-state index contributed by atoms with van der Waals surface area (Å²) in [6.45, 7) is 7.32. The van der Waals surface area contributed by atoms with E-state index in [4.69, 9.17) is 0 Å². The van der Waals surface area contributed by atoms with Crippen molar-refractivity contribution in [1.29, 1.82) is 0 Å². The minimum atomic E-state index is -4.64. The van der Waals surface area contributed by atoms with E-state index in [9.17, 15) is 41.4 Å². The summed E-state index contributed by atoms with van der Waals surface area (Å²) in [6, 6.07) is 3.93. The summed E-state index contributed by atoms with van der Waals surface area (Å²) in [5.74, 6) is -5.27. The van der Waals surface area contributed by atoms with E-state index < -0.39 is 52.9 Å². The maximum Gasteiger partial charge on any atom is 0.416 e. The number of halogens is 5. The number of carboxylic acids is 1. The standard InChI is InChI=1S/C27H23F5N2O4S/c1-3-4-5-16(2)14-39-15-23(26(37)38)34-25(36)22(12-17-10-20(28)13-21(29)11-17)33-24(35)18-6-8-19(9-7-18)27(30,31)32/h3-13,23H,1-2,14-15H2,(H,33,35)(H,34,36)(H,37,38)/b5-4-,22-12+/t23-/m0/s1. The molecule has 0 aliphatic heterocycles. The molecule has 2 aromatic rings. The molecule has 0 radical (unpaired) electrons. The molecule has 0 fully saturated rings. The quantitative estimate of drug-likeness (QED) is 0.183. The van der Waals surface area contributed by atoms with Crippen molar-refractivity contribution in [2.45, 2.75) is 12.2 Å². The second kappa shape index (κ2) is 14.1. The molecule has 0 spiro atoms. The van der Waals surface area contributed by atoms with Gasteiger partial charge in [0.05, 0.1) is 5.56 Å². The SMILES string of the molecule is C=C/C=C\C(=C)CSC[C@H](NC(=O)/C(=C\c1cc(F)cc(F)c1)NC(=O)c1ccc(C(F)(F)F)cc1)C(=O)O. The fourth-order valence-electron chi connectivity index (χ4n) is 2.96. The van der Waals surface area contributed by atoms with Gasteiger partial charge in [0, 0.05) is 23.1 Å². The van der Waals surface area contributed by atoms with E-state index in [1.54, 1.807) is 12.2 Å². The first-order chi connectivity index (χ1) is 18.3. The first kappa shape index (κ1) is 31.0. The van der Waals surface area contributed by atoms with Crippen LogP contribution in [-0.4, -0.2) is 40.4 Å². The van der Waals surface area contributed by atoms with E-state index in [0.717, 1.165) is 42.1 Å². The van der Waals surface area contributed by atoms with Crippen LogP contribution < -0.4 is 10.6 Å². The number of hydrogen-bond acceptors (Lipinski definition) is 4. The van der Waals surface area contributed by atoms with Crippen LogP contribution in [0.2, 0.25) is 0 Å². The third kappa shape index (κ3) is 10.2. The van der Waals surface area contributed by atoms with Crippen LogP contribution in [0.15, 0.2) is 85.1 Å². The van der Waals surface area contributed by atoms with Crippen molar-refractivity contribution in [3.63, 3.8) is 0 Å². The molecule has 0 unspecified atom stereocenters. The zero-order valence-corrected chi connectivity index (χ0v) is 21.0. The lowest BCUT2D eigenvalue weighted by atomic mass is 10.1. The number of allylic oxidation sites excluding steroid dienone is 3. The van der Waals surface area contributed by atoms with E-state index in [1.165, 1.54) is 6.08 Å². The summed E-state index contributed by atoms with van der Waals surface area (Å²) in [5, 5.41) is 13.9. The topological polar surface area (TPSA) is 95.5 Å². The molecule has 0 saturated carbocycles. The summed E-state index contributed by atoms with van der Waals surface area (Å²) >= 11 is 1.15. The zero-order chi connectivity index (χ0) is 29.2. The maximum atomic E-state index is 13.7. The van der Waals surface area contributed by atoms with Crippen LogP contribution in [0.5, 0.6) is 0 Å².